The molecular weight excluding hydrogens is 416 g/mol. The van der Waals surface area contributed by atoms with E-state index in [9.17, 15) is 24.9 Å². The highest BCUT2D eigenvalue weighted by Crippen LogP contribution is 2.75. The van der Waals surface area contributed by atoms with Gasteiger partial charge in [-0.3, -0.25) is 9.59 Å². The number of hydrogen-bond acceptors (Lipinski definition) is 5. The Bertz CT molecular complexity index is 971. The van der Waals surface area contributed by atoms with Crippen molar-refractivity contribution in [3.05, 3.63) is 28.8 Å². The van der Waals surface area contributed by atoms with Gasteiger partial charge in [-0.2, -0.15) is 0 Å². The molecule has 0 saturated heterocycles. The number of carbonyl (C=O) groups excluding carboxylic acids is 2. The second-order valence-corrected chi connectivity index (χ2v) is 12.0. The fourth-order valence-corrected chi connectivity index (χ4v) is 7.89. The van der Waals surface area contributed by atoms with Crippen molar-refractivity contribution in [2.24, 2.45) is 40.4 Å². The van der Waals surface area contributed by atoms with Crippen LogP contribution >= 0.6 is 0 Å². The summed E-state index contributed by atoms with van der Waals surface area (Å²) in [7, 11) is 0. The van der Waals surface area contributed by atoms with Crippen LogP contribution in [0.2, 0.25) is 0 Å². The van der Waals surface area contributed by atoms with Gasteiger partial charge in [0.25, 0.3) is 0 Å². The number of benzene rings is 1. The second kappa shape index (κ2) is 7.89. The number of rotatable bonds is 6. The number of allylic oxidation sites excluding steroid dienone is 1. The lowest BCUT2D eigenvalue weighted by Crippen LogP contribution is -2.36. The third kappa shape index (κ3) is 3.33. The summed E-state index contributed by atoms with van der Waals surface area (Å²) in [5.41, 5.74) is 0.887. The topological polar surface area (TPSA) is 94.8 Å². The summed E-state index contributed by atoms with van der Waals surface area (Å²) in [6.07, 6.45) is 5.57. The van der Waals surface area contributed by atoms with E-state index >= 15 is 0 Å². The molecule has 0 heterocycles. The zero-order chi connectivity index (χ0) is 24.5. The van der Waals surface area contributed by atoms with Crippen LogP contribution in [0.4, 0.5) is 0 Å². The predicted octanol–water partition coefficient (Wildman–Crippen LogP) is 6.21. The number of fused-ring (bicyclic) bond motifs is 3. The molecular formula is C28H38O5. The van der Waals surface area contributed by atoms with Crippen molar-refractivity contribution in [1.82, 2.24) is 0 Å². The van der Waals surface area contributed by atoms with Gasteiger partial charge < -0.3 is 15.3 Å². The third-order valence-corrected chi connectivity index (χ3v) is 9.63. The first-order valence-corrected chi connectivity index (χ1v) is 12.3. The summed E-state index contributed by atoms with van der Waals surface area (Å²) in [6.45, 7) is 15.6. The van der Waals surface area contributed by atoms with Gasteiger partial charge in [0.05, 0.1) is 11.1 Å². The van der Waals surface area contributed by atoms with Crippen LogP contribution in [0.3, 0.4) is 0 Å². The lowest BCUT2D eigenvalue weighted by molar-refractivity contribution is 0.106. The van der Waals surface area contributed by atoms with Crippen molar-refractivity contribution >= 4 is 12.6 Å². The number of hydrogen-bond donors (Lipinski definition) is 3. The monoisotopic (exact) mass is 454 g/mol. The summed E-state index contributed by atoms with van der Waals surface area (Å²) in [5, 5.41) is 32.6. The Morgan fingerprint density at radius 1 is 0.970 bits per heavy atom. The minimum absolute atomic E-state index is 0.235. The molecule has 0 amide bonds. The molecule has 0 bridgehead atoms. The molecule has 4 unspecified atom stereocenters. The van der Waals surface area contributed by atoms with Crippen LogP contribution in [0, 0.1) is 40.4 Å². The molecule has 5 heteroatoms. The van der Waals surface area contributed by atoms with Gasteiger partial charge in [-0.05, 0) is 78.4 Å². The average Bonchev–Trinajstić information content (AvgIpc) is 3.16. The zero-order valence-electron chi connectivity index (χ0n) is 20.5. The smallest absolute Gasteiger partial charge is 0.157 e. The predicted molar refractivity (Wildman–Crippen MR) is 128 cm³/mol. The molecule has 0 spiro atoms. The average molecular weight is 455 g/mol. The summed E-state index contributed by atoms with van der Waals surface area (Å²) in [6, 6.07) is 0. The molecule has 3 saturated carbocycles. The van der Waals surface area contributed by atoms with E-state index in [-0.39, 0.29) is 39.4 Å². The van der Waals surface area contributed by atoms with Gasteiger partial charge in [-0.1, -0.05) is 46.8 Å². The molecule has 180 valence electrons. The Morgan fingerprint density at radius 3 is 2.06 bits per heavy atom. The molecule has 4 rings (SSSR count). The van der Waals surface area contributed by atoms with E-state index in [4.69, 9.17) is 0 Å². The minimum atomic E-state index is -0.664. The summed E-state index contributed by atoms with van der Waals surface area (Å²) < 4.78 is 0. The quantitative estimate of drug-likeness (QED) is 0.351. The van der Waals surface area contributed by atoms with Crippen LogP contribution < -0.4 is 0 Å². The molecule has 6 atom stereocenters. The Kier molecular flexibility index (Phi) is 5.70. The normalized spacial score (nSPS) is 33.2. The fourth-order valence-electron chi connectivity index (χ4n) is 7.89. The van der Waals surface area contributed by atoms with Crippen LogP contribution in [0.25, 0.3) is 0 Å². The SMILES string of the molecule is C=C1CCC2C([C@@H]3[C@H]1CCC3(C)C(CC(C)C)c1c(O)c(C=O)c(O)c(C=O)c1O)C2(C)C. The summed E-state index contributed by atoms with van der Waals surface area (Å²) in [4.78, 5) is 23.5. The molecule has 3 N–H and O–H groups in total. The summed E-state index contributed by atoms with van der Waals surface area (Å²) in [5.74, 6) is 0.453. The van der Waals surface area contributed by atoms with Crippen molar-refractivity contribution in [1.29, 1.82) is 0 Å². The highest BCUT2D eigenvalue weighted by molar-refractivity contribution is 5.95. The maximum Gasteiger partial charge on any atom is 0.157 e. The van der Waals surface area contributed by atoms with E-state index in [0.717, 1.165) is 25.7 Å². The summed E-state index contributed by atoms with van der Waals surface area (Å²) >= 11 is 0. The van der Waals surface area contributed by atoms with E-state index in [0.29, 0.717) is 42.7 Å². The van der Waals surface area contributed by atoms with Gasteiger partial charge in [0.15, 0.2) is 12.6 Å². The lowest BCUT2D eigenvalue weighted by Gasteiger charge is -2.44. The number of aldehydes is 2. The molecule has 3 aliphatic carbocycles. The Balaban J connectivity index is 1.93. The number of aromatic hydroxyl groups is 3. The van der Waals surface area contributed by atoms with E-state index in [1.54, 1.807) is 0 Å². The van der Waals surface area contributed by atoms with Crippen LogP contribution in [0.1, 0.15) is 98.9 Å². The highest BCUT2D eigenvalue weighted by atomic mass is 16.3. The minimum Gasteiger partial charge on any atom is -0.507 e. The largest absolute Gasteiger partial charge is 0.507 e. The Hall–Kier alpha value is -2.30. The maximum absolute atomic E-state index is 11.8. The van der Waals surface area contributed by atoms with Crippen molar-refractivity contribution in [3.63, 3.8) is 0 Å². The van der Waals surface area contributed by atoms with E-state index in [1.165, 1.54) is 5.57 Å². The second-order valence-electron chi connectivity index (χ2n) is 12.0. The first kappa shape index (κ1) is 23.8. The van der Waals surface area contributed by atoms with Gasteiger partial charge in [0.2, 0.25) is 0 Å². The Labute approximate surface area is 196 Å². The molecule has 0 aromatic heterocycles. The molecule has 0 aliphatic heterocycles. The van der Waals surface area contributed by atoms with E-state index in [2.05, 4.69) is 41.2 Å². The van der Waals surface area contributed by atoms with E-state index in [1.807, 2.05) is 0 Å². The first-order chi connectivity index (χ1) is 15.4. The van der Waals surface area contributed by atoms with Gasteiger partial charge >= 0.3 is 0 Å². The van der Waals surface area contributed by atoms with Gasteiger partial charge in [-0.25, -0.2) is 0 Å². The maximum atomic E-state index is 11.8. The highest BCUT2D eigenvalue weighted by Gasteiger charge is 2.68. The molecule has 5 nitrogen and oxygen atoms in total. The zero-order valence-corrected chi connectivity index (χ0v) is 20.5. The first-order valence-electron chi connectivity index (χ1n) is 12.3. The van der Waals surface area contributed by atoms with Crippen molar-refractivity contribution in [2.45, 2.75) is 72.6 Å². The number of phenols is 3. The molecule has 1 aromatic carbocycles. The van der Waals surface area contributed by atoms with Crippen molar-refractivity contribution < 1.29 is 24.9 Å². The molecule has 3 aliphatic rings. The molecule has 3 fully saturated rings. The molecule has 33 heavy (non-hydrogen) atoms. The third-order valence-electron chi connectivity index (χ3n) is 9.63. The number of carbonyl (C=O) groups is 2. The fraction of sp³-hybridized carbons (Fsp3) is 0.643. The van der Waals surface area contributed by atoms with Crippen LogP contribution in [-0.2, 0) is 0 Å². The van der Waals surface area contributed by atoms with Crippen LogP contribution in [0.5, 0.6) is 17.2 Å². The van der Waals surface area contributed by atoms with Crippen LogP contribution in [-0.4, -0.2) is 27.9 Å². The standard InChI is InChI=1S/C28H38O5/c1-14(2)11-20(21-25(32)17(12-29)24(31)18(13-30)26(21)33)28(6)10-9-16-15(3)7-8-19-23(22(16)28)27(19,4)5/h12-14,16,19-20,22-23,31-33H,3,7-11H2,1-2,4-6H3/t16-,19?,20?,22-,23?,28?/m0/s1. The lowest BCUT2D eigenvalue weighted by atomic mass is 9.60. The van der Waals surface area contributed by atoms with Gasteiger partial charge in [-0.15, -0.1) is 0 Å². The molecule has 1 aromatic rings. The van der Waals surface area contributed by atoms with Crippen molar-refractivity contribution in [2.75, 3.05) is 0 Å². The van der Waals surface area contributed by atoms with Crippen LogP contribution in [0.15, 0.2) is 12.2 Å². The molecule has 0 radical (unpaired) electrons. The number of phenolic OH excluding ortho intramolecular Hbond substituents is 3. The van der Waals surface area contributed by atoms with Gasteiger partial charge in [0.1, 0.15) is 17.2 Å². The van der Waals surface area contributed by atoms with E-state index < -0.39 is 17.2 Å². The Morgan fingerprint density at radius 2 is 1.55 bits per heavy atom. The van der Waals surface area contributed by atoms with Crippen molar-refractivity contribution in [3.8, 4) is 17.2 Å². The van der Waals surface area contributed by atoms with Gasteiger partial charge in [0, 0.05) is 5.56 Å².